The Morgan fingerprint density at radius 1 is 0.923 bits per heavy atom. The molecule has 0 saturated carbocycles. The number of ether oxygens (including phenoxy) is 1. The van der Waals surface area contributed by atoms with Crippen LogP contribution in [-0.4, -0.2) is 39.1 Å². The van der Waals surface area contributed by atoms with Crippen molar-refractivity contribution in [3.63, 3.8) is 0 Å². The minimum absolute atomic E-state index is 0.269. The van der Waals surface area contributed by atoms with Crippen LogP contribution in [0.3, 0.4) is 0 Å². The van der Waals surface area contributed by atoms with Gasteiger partial charge in [-0.25, -0.2) is 9.97 Å². The van der Waals surface area contributed by atoms with Crippen molar-refractivity contribution in [2.75, 3.05) is 18.0 Å². The van der Waals surface area contributed by atoms with Crippen LogP contribution >= 0.6 is 0 Å². The molecule has 6 heteroatoms. The van der Waals surface area contributed by atoms with Gasteiger partial charge in [-0.3, -0.25) is 9.97 Å². The number of piperidine rings is 1. The van der Waals surface area contributed by atoms with Crippen molar-refractivity contribution in [2.45, 2.75) is 25.6 Å². The Labute approximate surface area is 152 Å². The van der Waals surface area contributed by atoms with Crippen molar-refractivity contribution < 1.29 is 4.74 Å². The highest BCUT2D eigenvalue weighted by Crippen LogP contribution is 2.21. The van der Waals surface area contributed by atoms with Gasteiger partial charge in [-0.1, -0.05) is 12.1 Å². The Hall–Kier alpha value is -2.86. The first kappa shape index (κ1) is 16.6. The Morgan fingerprint density at radius 2 is 1.85 bits per heavy atom. The van der Waals surface area contributed by atoms with Crippen LogP contribution in [0.1, 0.15) is 18.4 Å². The third-order valence-electron chi connectivity index (χ3n) is 4.50. The zero-order chi connectivity index (χ0) is 17.6. The molecule has 0 amide bonds. The molecule has 0 aliphatic carbocycles. The minimum Gasteiger partial charge on any atom is -0.373 e. The molecule has 0 bridgehead atoms. The average Bonchev–Trinajstić information content (AvgIpc) is 2.74. The summed E-state index contributed by atoms with van der Waals surface area (Å²) in [6, 6.07) is 11.7. The van der Waals surface area contributed by atoms with Crippen molar-refractivity contribution in [3.8, 4) is 11.4 Å². The topological polar surface area (TPSA) is 64.0 Å². The summed E-state index contributed by atoms with van der Waals surface area (Å²) in [4.78, 5) is 19.8. The number of nitrogens with zero attached hydrogens (tertiary/aromatic N) is 5. The van der Waals surface area contributed by atoms with Crippen molar-refractivity contribution in [1.82, 2.24) is 19.9 Å². The van der Waals surface area contributed by atoms with Gasteiger partial charge < -0.3 is 9.64 Å². The third kappa shape index (κ3) is 4.03. The second kappa shape index (κ2) is 8.01. The Bertz CT molecular complexity index is 820. The summed E-state index contributed by atoms with van der Waals surface area (Å²) in [5.74, 6) is 0.763. The molecule has 1 fully saturated rings. The zero-order valence-electron chi connectivity index (χ0n) is 14.5. The maximum atomic E-state index is 6.03. The van der Waals surface area contributed by atoms with E-state index < -0.39 is 0 Å². The van der Waals surface area contributed by atoms with E-state index in [9.17, 15) is 0 Å². The van der Waals surface area contributed by atoms with E-state index in [1.54, 1.807) is 18.6 Å². The van der Waals surface area contributed by atoms with Gasteiger partial charge in [-0.05, 0) is 42.7 Å². The lowest BCUT2D eigenvalue weighted by Gasteiger charge is -2.32. The molecule has 0 aromatic carbocycles. The van der Waals surface area contributed by atoms with Gasteiger partial charge in [0.1, 0.15) is 0 Å². The Kier molecular flexibility index (Phi) is 5.12. The van der Waals surface area contributed by atoms with Crippen LogP contribution < -0.4 is 4.90 Å². The normalized spacial score (nSPS) is 15.2. The molecular weight excluding hydrogens is 326 g/mol. The molecule has 3 aromatic rings. The SMILES string of the molecule is c1ccc(-c2ccnc(N3CCC(OCc4cccnc4)CC3)n2)nc1. The Balaban J connectivity index is 1.35. The molecule has 0 unspecified atom stereocenters. The first-order valence-corrected chi connectivity index (χ1v) is 8.88. The number of rotatable bonds is 5. The quantitative estimate of drug-likeness (QED) is 0.707. The molecule has 0 N–H and O–H groups in total. The summed E-state index contributed by atoms with van der Waals surface area (Å²) in [5.41, 5.74) is 2.83. The molecule has 1 aliphatic rings. The second-order valence-electron chi connectivity index (χ2n) is 6.32. The predicted molar refractivity (Wildman–Crippen MR) is 99.5 cm³/mol. The number of hydrogen-bond donors (Lipinski definition) is 0. The van der Waals surface area contributed by atoms with Crippen molar-refractivity contribution in [3.05, 3.63) is 66.7 Å². The molecule has 132 valence electrons. The van der Waals surface area contributed by atoms with E-state index >= 15 is 0 Å². The van der Waals surface area contributed by atoms with Gasteiger partial charge in [0.2, 0.25) is 5.95 Å². The molecule has 4 heterocycles. The van der Waals surface area contributed by atoms with Gasteiger partial charge in [-0.15, -0.1) is 0 Å². The summed E-state index contributed by atoms with van der Waals surface area (Å²) in [6.07, 6.45) is 9.42. The van der Waals surface area contributed by atoms with Crippen LogP contribution in [0.5, 0.6) is 0 Å². The molecular formula is C20H21N5O. The fourth-order valence-electron chi connectivity index (χ4n) is 3.08. The van der Waals surface area contributed by atoms with Crippen LogP contribution in [0.15, 0.2) is 61.2 Å². The van der Waals surface area contributed by atoms with Crippen LogP contribution in [0.4, 0.5) is 5.95 Å². The van der Waals surface area contributed by atoms with E-state index in [1.807, 2.05) is 42.6 Å². The van der Waals surface area contributed by atoms with E-state index in [1.165, 1.54) is 0 Å². The lowest BCUT2D eigenvalue weighted by Crippen LogP contribution is -2.38. The van der Waals surface area contributed by atoms with E-state index in [2.05, 4.69) is 24.8 Å². The monoisotopic (exact) mass is 347 g/mol. The van der Waals surface area contributed by atoms with Crippen LogP contribution in [0.25, 0.3) is 11.4 Å². The highest BCUT2D eigenvalue weighted by Gasteiger charge is 2.21. The minimum atomic E-state index is 0.269. The van der Waals surface area contributed by atoms with Gasteiger partial charge in [0, 0.05) is 37.9 Å². The number of anilines is 1. The van der Waals surface area contributed by atoms with Crippen LogP contribution in [-0.2, 0) is 11.3 Å². The molecule has 26 heavy (non-hydrogen) atoms. The van der Waals surface area contributed by atoms with E-state index in [0.29, 0.717) is 6.61 Å². The maximum absolute atomic E-state index is 6.03. The molecule has 1 aliphatic heterocycles. The summed E-state index contributed by atoms with van der Waals surface area (Å²) in [5, 5.41) is 0. The van der Waals surface area contributed by atoms with Crippen LogP contribution in [0, 0.1) is 0 Å². The summed E-state index contributed by atoms with van der Waals surface area (Å²) >= 11 is 0. The molecule has 6 nitrogen and oxygen atoms in total. The van der Waals surface area contributed by atoms with Gasteiger partial charge in [0.05, 0.1) is 24.1 Å². The molecule has 1 saturated heterocycles. The molecule has 0 radical (unpaired) electrons. The maximum Gasteiger partial charge on any atom is 0.225 e. The van der Waals surface area contributed by atoms with Gasteiger partial charge in [0.15, 0.2) is 0 Å². The van der Waals surface area contributed by atoms with Gasteiger partial charge in [0.25, 0.3) is 0 Å². The van der Waals surface area contributed by atoms with E-state index in [-0.39, 0.29) is 6.10 Å². The third-order valence-corrected chi connectivity index (χ3v) is 4.50. The van der Waals surface area contributed by atoms with Gasteiger partial charge in [-0.2, -0.15) is 0 Å². The summed E-state index contributed by atoms with van der Waals surface area (Å²) < 4.78 is 6.03. The summed E-state index contributed by atoms with van der Waals surface area (Å²) in [6.45, 7) is 2.40. The molecule has 0 atom stereocenters. The predicted octanol–water partition coefficient (Wildman–Crippen LogP) is 3.12. The van der Waals surface area contributed by atoms with Crippen LogP contribution in [0.2, 0.25) is 0 Å². The molecule has 0 spiro atoms. The fraction of sp³-hybridized carbons (Fsp3) is 0.300. The largest absolute Gasteiger partial charge is 0.373 e. The lowest BCUT2D eigenvalue weighted by molar-refractivity contribution is 0.0248. The average molecular weight is 347 g/mol. The first-order valence-electron chi connectivity index (χ1n) is 8.88. The number of hydrogen-bond acceptors (Lipinski definition) is 6. The van der Waals surface area contributed by atoms with Crippen molar-refractivity contribution in [2.24, 2.45) is 0 Å². The van der Waals surface area contributed by atoms with E-state index in [4.69, 9.17) is 4.74 Å². The fourth-order valence-corrected chi connectivity index (χ4v) is 3.08. The van der Waals surface area contributed by atoms with Crippen molar-refractivity contribution in [1.29, 1.82) is 0 Å². The second-order valence-corrected chi connectivity index (χ2v) is 6.32. The van der Waals surface area contributed by atoms with Crippen molar-refractivity contribution >= 4 is 5.95 Å². The van der Waals surface area contributed by atoms with E-state index in [0.717, 1.165) is 48.8 Å². The first-order chi connectivity index (χ1) is 12.9. The smallest absolute Gasteiger partial charge is 0.225 e. The standard InChI is InChI=1S/C20H21N5O/c1-2-10-22-18(5-1)19-6-11-23-20(24-19)25-12-7-17(8-13-25)26-15-16-4-3-9-21-14-16/h1-6,9-11,14,17H,7-8,12-13,15H2. The molecule has 4 rings (SSSR count). The summed E-state index contributed by atoms with van der Waals surface area (Å²) in [7, 11) is 0. The highest BCUT2D eigenvalue weighted by molar-refractivity contribution is 5.55. The highest BCUT2D eigenvalue weighted by atomic mass is 16.5. The Morgan fingerprint density at radius 3 is 2.62 bits per heavy atom. The number of aromatic nitrogens is 4. The number of pyridine rings is 2. The lowest BCUT2D eigenvalue weighted by atomic mass is 10.1. The molecule has 3 aromatic heterocycles. The van der Waals surface area contributed by atoms with Gasteiger partial charge >= 0.3 is 0 Å². The zero-order valence-corrected chi connectivity index (χ0v) is 14.5.